The summed E-state index contributed by atoms with van der Waals surface area (Å²) in [5.74, 6) is 0.185. The van der Waals surface area contributed by atoms with Crippen molar-refractivity contribution >= 4 is 5.97 Å². The summed E-state index contributed by atoms with van der Waals surface area (Å²) in [5.41, 5.74) is 2.39. The Morgan fingerprint density at radius 2 is 1.78 bits per heavy atom. The van der Waals surface area contributed by atoms with Gasteiger partial charge in [0.1, 0.15) is 0 Å². The maximum absolute atomic E-state index is 12.0. The van der Waals surface area contributed by atoms with Crippen LogP contribution in [0.3, 0.4) is 0 Å². The Bertz CT molecular complexity index is 797. The van der Waals surface area contributed by atoms with Crippen molar-refractivity contribution in [3.8, 4) is 11.5 Å². The Morgan fingerprint density at radius 1 is 1.09 bits per heavy atom. The molecule has 0 spiro atoms. The van der Waals surface area contributed by atoms with Crippen LogP contribution in [0.1, 0.15) is 34.8 Å². The number of aromatic nitrogens is 3. The number of hydrogen-bond donors (Lipinski definition) is 0. The van der Waals surface area contributed by atoms with Crippen molar-refractivity contribution in [3.63, 3.8) is 0 Å². The molecule has 0 N–H and O–H groups in total. The lowest BCUT2D eigenvalue weighted by Crippen LogP contribution is -2.09. The minimum absolute atomic E-state index is 0.253. The van der Waals surface area contributed by atoms with Gasteiger partial charge in [-0.25, -0.2) is 4.79 Å². The third-order valence-corrected chi connectivity index (χ3v) is 3.29. The lowest BCUT2D eigenvalue weighted by atomic mass is 10.1. The standard InChI is InChI=1S/C17H15N3O3/c1-11-3-5-13(6-4-11)16-20-19-15(23-16)12(2)22-17(21)14-7-9-18-10-8-14/h3-10,12H,1-2H3/t12-/m0/s1. The van der Waals surface area contributed by atoms with Crippen LogP contribution in [-0.2, 0) is 4.74 Å². The van der Waals surface area contributed by atoms with Gasteiger partial charge in [0, 0.05) is 18.0 Å². The number of pyridine rings is 1. The molecular weight excluding hydrogens is 294 g/mol. The highest BCUT2D eigenvalue weighted by Gasteiger charge is 2.19. The first-order chi connectivity index (χ1) is 11.1. The minimum Gasteiger partial charge on any atom is -0.449 e. The zero-order valence-electron chi connectivity index (χ0n) is 12.8. The van der Waals surface area contributed by atoms with E-state index in [1.165, 1.54) is 12.4 Å². The molecule has 6 nitrogen and oxygen atoms in total. The van der Waals surface area contributed by atoms with E-state index in [1.807, 2.05) is 31.2 Å². The molecule has 23 heavy (non-hydrogen) atoms. The Hall–Kier alpha value is -3.02. The Balaban J connectivity index is 1.72. The number of hydrogen-bond acceptors (Lipinski definition) is 6. The van der Waals surface area contributed by atoms with Crippen molar-refractivity contribution in [2.45, 2.75) is 20.0 Å². The monoisotopic (exact) mass is 309 g/mol. The van der Waals surface area contributed by atoms with Gasteiger partial charge >= 0.3 is 5.97 Å². The van der Waals surface area contributed by atoms with E-state index in [4.69, 9.17) is 9.15 Å². The third-order valence-electron chi connectivity index (χ3n) is 3.29. The van der Waals surface area contributed by atoms with Crippen molar-refractivity contribution in [2.75, 3.05) is 0 Å². The van der Waals surface area contributed by atoms with E-state index < -0.39 is 12.1 Å². The predicted molar refractivity (Wildman–Crippen MR) is 82.5 cm³/mol. The molecule has 1 atom stereocenters. The van der Waals surface area contributed by atoms with E-state index in [-0.39, 0.29) is 5.89 Å². The average molecular weight is 309 g/mol. The molecule has 0 fully saturated rings. The number of aryl methyl sites for hydroxylation is 1. The van der Waals surface area contributed by atoms with E-state index in [2.05, 4.69) is 15.2 Å². The van der Waals surface area contributed by atoms with E-state index in [0.29, 0.717) is 11.5 Å². The maximum atomic E-state index is 12.0. The molecule has 0 aliphatic heterocycles. The van der Waals surface area contributed by atoms with Crippen LogP contribution < -0.4 is 0 Å². The van der Waals surface area contributed by atoms with Crippen molar-refractivity contribution in [1.82, 2.24) is 15.2 Å². The van der Waals surface area contributed by atoms with Crippen LogP contribution in [0.25, 0.3) is 11.5 Å². The van der Waals surface area contributed by atoms with Gasteiger partial charge in [-0.3, -0.25) is 4.98 Å². The molecule has 3 aromatic rings. The number of benzene rings is 1. The molecule has 0 aliphatic carbocycles. The number of nitrogens with zero attached hydrogens (tertiary/aromatic N) is 3. The molecule has 116 valence electrons. The second-order valence-electron chi connectivity index (χ2n) is 5.09. The van der Waals surface area contributed by atoms with Gasteiger partial charge in [-0.1, -0.05) is 17.7 Å². The fourth-order valence-electron chi connectivity index (χ4n) is 1.98. The SMILES string of the molecule is Cc1ccc(-c2nnc([C@H](C)OC(=O)c3ccncc3)o2)cc1. The van der Waals surface area contributed by atoms with E-state index in [0.717, 1.165) is 11.1 Å². The predicted octanol–water partition coefficient (Wildman–Crippen LogP) is 3.36. The molecule has 0 saturated heterocycles. The molecule has 0 aliphatic rings. The van der Waals surface area contributed by atoms with E-state index in [9.17, 15) is 4.79 Å². The summed E-state index contributed by atoms with van der Waals surface area (Å²) in [4.78, 5) is 15.9. The van der Waals surface area contributed by atoms with Crippen molar-refractivity contribution in [3.05, 3.63) is 65.8 Å². The average Bonchev–Trinajstić information content (AvgIpc) is 3.06. The summed E-state index contributed by atoms with van der Waals surface area (Å²) >= 11 is 0. The molecule has 0 saturated carbocycles. The first-order valence-corrected chi connectivity index (χ1v) is 7.15. The minimum atomic E-state index is -0.637. The molecule has 6 heteroatoms. The number of esters is 1. The maximum Gasteiger partial charge on any atom is 0.339 e. The summed E-state index contributed by atoms with van der Waals surface area (Å²) in [7, 11) is 0. The van der Waals surface area contributed by atoms with Crippen LogP contribution in [0.4, 0.5) is 0 Å². The topological polar surface area (TPSA) is 78.1 Å². The van der Waals surface area contributed by atoms with Gasteiger partial charge in [0.15, 0.2) is 6.10 Å². The van der Waals surface area contributed by atoms with Gasteiger partial charge in [0.2, 0.25) is 5.89 Å². The van der Waals surface area contributed by atoms with Crippen LogP contribution in [0, 0.1) is 6.92 Å². The summed E-state index contributed by atoms with van der Waals surface area (Å²) in [6.45, 7) is 3.69. The highest BCUT2D eigenvalue weighted by Crippen LogP contribution is 2.23. The summed E-state index contributed by atoms with van der Waals surface area (Å²) < 4.78 is 10.9. The number of rotatable bonds is 4. The summed E-state index contributed by atoms with van der Waals surface area (Å²) in [6.07, 6.45) is 2.43. The molecule has 2 aromatic heterocycles. The lowest BCUT2D eigenvalue weighted by molar-refractivity contribution is 0.0279. The zero-order valence-corrected chi connectivity index (χ0v) is 12.8. The molecule has 1 aromatic carbocycles. The van der Waals surface area contributed by atoms with Crippen LogP contribution in [0.15, 0.2) is 53.2 Å². The van der Waals surface area contributed by atoms with Gasteiger partial charge in [0.25, 0.3) is 5.89 Å². The van der Waals surface area contributed by atoms with Crippen LogP contribution in [0.2, 0.25) is 0 Å². The van der Waals surface area contributed by atoms with Gasteiger partial charge in [-0.2, -0.15) is 0 Å². The van der Waals surface area contributed by atoms with E-state index in [1.54, 1.807) is 19.1 Å². The fraction of sp³-hybridized carbons (Fsp3) is 0.176. The molecule has 0 radical (unpaired) electrons. The Kier molecular flexibility index (Phi) is 4.14. The van der Waals surface area contributed by atoms with E-state index >= 15 is 0 Å². The first kappa shape index (κ1) is 14.9. The first-order valence-electron chi connectivity index (χ1n) is 7.15. The molecular formula is C17H15N3O3. The van der Waals surface area contributed by atoms with Crippen molar-refractivity contribution in [2.24, 2.45) is 0 Å². The van der Waals surface area contributed by atoms with Crippen molar-refractivity contribution < 1.29 is 13.9 Å². The summed E-state index contributed by atoms with van der Waals surface area (Å²) in [6, 6.07) is 10.9. The molecule has 0 amide bonds. The van der Waals surface area contributed by atoms with Gasteiger partial charge in [0.05, 0.1) is 5.56 Å². The number of ether oxygens (including phenoxy) is 1. The van der Waals surface area contributed by atoms with Crippen LogP contribution in [-0.4, -0.2) is 21.2 Å². The normalized spacial score (nSPS) is 11.9. The van der Waals surface area contributed by atoms with Crippen LogP contribution >= 0.6 is 0 Å². The Morgan fingerprint density at radius 3 is 2.48 bits per heavy atom. The fourth-order valence-corrected chi connectivity index (χ4v) is 1.98. The number of carbonyl (C=O) groups excluding carboxylic acids is 1. The smallest absolute Gasteiger partial charge is 0.339 e. The summed E-state index contributed by atoms with van der Waals surface area (Å²) in [5, 5.41) is 7.95. The molecule has 3 rings (SSSR count). The molecule has 2 heterocycles. The molecule has 0 bridgehead atoms. The molecule has 0 unspecified atom stereocenters. The highest BCUT2D eigenvalue weighted by molar-refractivity contribution is 5.89. The lowest BCUT2D eigenvalue weighted by Gasteiger charge is -2.08. The quantitative estimate of drug-likeness (QED) is 0.688. The van der Waals surface area contributed by atoms with Gasteiger partial charge in [-0.05, 0) is 38.1 Å². The number of carbonyl (C=O) groups is 1. The van der Waals surface area contributed by atoms with Gasteiger partial charge in [-0.15, -0.1) is 10.2 Å². The largest absolute Gasteiger partial charge is 0.449 e. The third kappa shape index (κ3) is 3.42. The Labute approximate surface area is 133 Å². The second kappa shape index (κ2) is 6.39. The van der Waals surface area contributed by atoms with Gasteiger partial charge < -0.3 is 9.15 Å². The van der Waals surface area contributed by atoms with Crippen LogP contribution in [0.5, 0.6) is 0 Å². The van der Waals surface area contributed by atoms with Crippen molar-refractivity contribution in [1.29, 1.82) is 0 Å². The highest BCUT2D eigenvalue weighted by atomic mass is 16.6. The zero-order chi connectivity index (χ0) is 16.2. The second-order valence-corrected chi connectivity index (χ2v) is 5.09.